The Morgan fingerprint density at radius 1 is 1.58 bits per heavy atom. The van der Waals surface area contributed by atoms with E-state index in [1.165, 1.54) is 13.0 Å². The number of nitrogens with one attached hydrogen (secondary N) is 1. The Hall–Kier alpha value is -0.910. The number of hydrogen-bond donors (Lipinski definition) is 2. The molecule has 104 valence electrons. The summed E-state index contributed by atoms with van der Waals surface area (Å²) in [5, 5.41) is 12.4. The molecule has 1 aromatic rings. The quantitative estimate of drug-likeness (QED) is 0.870. The minimum Gasteiger partial charge on any atom is -0.478 e. The lowest BCUT2D eigenvalue weighted by molar-refractivity contribution is 0.0697. The zero-order valence-corrected chi connectivity index (χ0v) is 12.6. The molecule has 1 atom stereocenters. The van der Waals surface area contributed by atoms with Gasteiger partial charge in [-0.25, -0.2) is 4.79 Å². The SMILES string of the molecule is CN1CCC(CNCc2ccc(C(=O)O)cc2Br)C1. The highest BCUT2D eigenvalue weighted by Gasteiger charge is 2.18. The fourth-order valence-electron chi connectivity index (χ4n) is 2.43. The number of halogens is 1. The van der Waals surface area contributed by atoms with Crippen LogP contribution in [0.4, 0.5) is 0 Å². The largest absolute Gasteiger partial charge is 0.478 e. The van der Waals surface area contributed by atoms with Gasteiger partial charge in [0, 0.05) is 17.6 Å². The minimum absolute atomic E-state index is 0.313. The van der Waals surface area contributed by atoms with Crippen LogP contribution in [0.5, 0.6) is 0 Å². The summed E-state index contributed by atoms with van der Waals surface area (Å²) in [5.74, 6) is -0.170. The first-order valence-electron chi connectivity index (χ1n) is 6.47. The average molecular weight is 327 g/mol. The maximum absolute atomic E-state index is 10.8. The lowest BCUT2D eigenvalue weighted by atomic mass is 10.1. The van der Waals surface area contributed by atoms with Crippen LogP contribution in [-0.4, -0.2) is 42.7 Å². The van der Waals surface area contributed by atoms with E-state index in [4.69, 9.17) is 5.11 Å². The molecule has 0 spiro atoms. The smallest absolute Gasteiger partial charge is 0.335 e. The zero-order valence-electron chi connectivity index (χ0n) is 11.0. The van der Waals surface area contributed by atoms with E-state index in [9.17, 15) is 4.79 Å². The number of likely N-dealkylation sites (tertiary alicyclic amines) is 1. The summed E-state index contributed by atoms with van der Waals surface area (Å²) in [5.41, 5.74) is 1.41. The predicted octanol–water partition coefficient (Wildman–Crippen LogP) is 2.19. The Morgan fingerprint density at radius 3 is 2.95 bits per heavy atom. The number of carbonyl (C=O) groups is 1. The number of carboxylic acid groups (broad SMARTS) is 1. The number of rotatable bonds is 5. The molecule has 1 aliphatic heterocycles. The lowest BCUT2D eigenvalue weighted by Crippen LogP contribution is -2.24. The van der Waals surface area contributed by atoms with Crippen LogP contribution in [-0.2, 0) is 6.54 Å². The Balaban J connectivity index is 1.84. The molecule has 2 rings (SSSR count). The van der Waals surface area contributed by atoms with Gasteiger partial charge in [0.05, 0.1) is 5.56 Å². The van der Waals surface area contributed by atoms with Gasteiger partial charge in [0.25, 0.3) is 0 Å². The average Bonchev–Trinajstić information content (AvgIpc) is 2.77. The molecule has 4 nitrogen and oxygen atoms in total. The van der Waals surface area contributed by atoms with E-state index in [1.54, 1.807) is 12.1 Å². The van der Waals surface area contributed by atoms with Crippen LogP contribution < -0.4 is 5.32 Å². The molecule has 1 heterocycles. The fraction of sp³-hybridized carbons (Fsp3) is 0.500. The molecule has 19 heavy (non-hydrogen) atoms. The minimum atomic E-state index is -0.894. The van der Waals surface area contributed by atoms with Crippen LogP contribution in [0.1, 0.15) is 22.3 Å². The van der Waals surface area contributed by atoms with Gasteiger partial charge in [-0.15, -0.1) is 0 Å². The van der Waals surface area contributed by atoms with Crippen molar-refractivity contribution in [2.45, 2.75) is 13.0 Å². The summed E-state index contributed by atoms with van der Waals surface area (Å²) < 4.78 is 0.850. The van der Waals surface area contributed by atoms with Gasteiger partial charge >= 0.3 is 5.97 Å². The molecule has 0 aliphatic carbocycles. The third-order valence-corrected chi connectivity index (χ3v) is 4.28. The Labute approximate surface area is 121 Å². The summed E-state index contributed by atoms with van der Waals surface area (Å²) in [6.07, 6.45) is 1.25. The second-order valence-electron chi connectivity index (χ2n) is 5.16. The van der Waals surface area contributed by atoms with E-state index in [2.05, 4.69) is 33.2 Å². The normalized spacial score (nSPS) is 19.8. The first kappa shape index (κ1) is 14.5. The Kier molecular flexibility index (Phi) is 4.96. The van der Waals surface area contributed by atoms with Crippen LogP contribution in [0.15, 0.2) is 22.7 Å². The van der Waals surface area contributed by atoms with Gasteiger partial charge < -0.3 is 15.3 Å². The van der Waals surface area contributed by atoms with Crippen molar-refractivity contribution >= 4 is 21.9 Å². The van der Waals surface area contributed by atoms with Crippen LogP contribution in [0, 0.1) is 5.92 Å². The highest BCUT2D eigenvalue weighted by molar-refractivity contribution is 9.10. The second-order valence-corrected chi connectivity index (χ2v) is 6.01. The van der Waals surface area contributed by atoms with Gasteiger partial charge in [-0.2, -0.15) is 0 Å². The van der Waals surface area contributed by atoms with Crippen LogP contribution in [0.2, 0.25) is 0 Å². The van der Waals surface area contributed by atoms with E-state index >= 15 is 0 Å². The topological polar surface area (TPSA) is 52.6 Å². The summed E-state index contributed by atoms with van der Waals surface area (Å²) in [7, 11) is 2.15. The molecule has 1 saturated heterocycles. The molecule has 0 radical (unpaired) electrons. The molecule has 0 saturated carbocycles. The maximum Gasteiger partial charge on any atom is 0.335 e. The highest BCUT2D eigenvalue weighted by Crippen LogP contribution is 2.19. The Bertz CT molecular complexity index is 465. The van der Waals surface area contributed by atoms with Gasteiger partial charge in [-0.05, 0) is 50.2 Å². The second kappa shape index (κ2) is 6.50. The van der Waals surface area contributed by atoms with E-state index in [1.807, 2.05) is 6.07 Å². The van der Waals surface area contributed by atoms with E-state index in [0.29, 0.717) is 5.56 Å². The molecule has 1 fully saturated rings. The zero-order chi connectivity index (χ0) is 13.8. The standard InChI is InChI=1S/C14H19BrN2O2/c1-17-5-4-10(9-17)7-16-8-12-3-2-11(14(18)19)6-13(12)15/h2-3,6,10,16H,4-5,7-9H2,1H3,(H,18,19). The van der Waals surface area contributed by atoms with Crippen molar-refractivity contribution < 1.29 is 9.90 Å². The highest BCUT2D eigenvalue weighted by atomic mass is 79.9. The van der Waals surface area contributed by atoms with Crippen molar-refractivity contribution in [1.29, 1.82) is 0 Å². The first-order valence-corrected chi connectivity index (χ1v) is 7.26. The van der Waals surface area contributed by atoms with Crippen molar-refractivity contribution in [2.75, 3.05) is 26.7 Å². The van der Waals surface area contributed by atoms with E-state index in [0.717, 1.165) is 35.6 Å². The molecule has 1 aromatic carbocycles. The number of hydrogen-bond acceptors (Lipinski definition) is 3. The predicted molar refractivity (Wildman–Crippen MR) is 78.4 cm³/mol. The van der Waals surface area contributed by atoms with Crippen molar-refractivity contribution in [3.63, 3.8) is 0 Å². The maximum atomic E-state index is 10.8. The van der Waals surface area contributed by atoms with Crippen molar-refractivity contribution in [1.82, 2.24) is 10.2 Å². The fourth-order valence-corrected chi connectivity index (χ4v) is 2.95. The van der Waals surface area contributed by atoms with Crippen molar-refractivity contribution in [3.8, 4) is 0 Å². The van der Waals surface area contributed by atoms with Gasteiger partial charge in [-0.1, -0.05) is 22.0 Å². The van der Waals surface area contributed by atoms with Gasteiger partial charge in [-0.3, -0.25) is 0 Å². The van der Waals surface area contributed by atoms with Gasteiger partial charge in [0.15, 0.2) is 0 Å². The first-order chi connectivity index (χ1) is 9.06. The molecule has 0 aromatic heterocycles. The summed E-state index contributed by atoms with van der Waals surface area (Å²) >= 11 is 3.43. The lowest BCUT2D eigenvalue weighted by Gasteiger charge is -2.12. The van der Waals surface area contributed by atoms with Crippen molar-refractivity contribution in [2.24, 2.45) is 5.92 Å². The molecule has 1 unspecified atom stereocenters. The third-order valence-electron chi connectivity index (χ3n) is 3.54. The number of aromatic carboxylic acids is 1. The van der Waals surface area contributed by atoms with Gasteiger partial charge in [0.1, 0.15) is 0 Å². The monoisotopic (exact) mass is 326 g/mol. The molecule has 0 amide bonds. The number of nitrogens with zero attached hydrogens (tertiary/aromatic N) is 1. The molecular formula is C14H19BrN2O2. The van der Waals surface area contributed by atoms with E-state index in [-0.39, 0.29) is 0 Å². The summed E-state index contributed by atoms with van der Waals surface area (Å²) in [4.78, 5) is 13.2. The molecular weight excluding hydrogens is 308 g/mol. The summed E-state index contributed by atoms with van der Waals surface area (Å²) in [6, 6.07) is 5.16. The Morgan fingerprint density at radius 2 is 2.37 bits per heavy atom. The van der Waals surface area contributed by atoms with Crippen LogP contribution >= 0.6 is 15.9 Å². The molecule has 1 aliphatic rings. The summed E-state index contributed by atoms with van der Waals surface area (Å²) in [6.45, 7) is 4.12. The van der Waals surface area contributed by atoms with Gasteiger partial charge in [0.2, 0.25) is 0 Å². The van der Waals surface area contributed by atoms with E-state index < -0.39 is 5.97 Å². The van der Waals surface area contributed by atoms with Crippen LogP contribution in [0.25, 0.3) is 0 Å². The molecule has 0 bridgehead atoms. The molecule has 2 N–H and O–H groups in total. The third kappa shape index (κ3) is 4.03. The number of carboxylic acids is 1. The van der Waals surface area contributed by atoms with Crippen molar-refractivity contribution in [3.05, 3.63) is 33.8 Å². The molecule has 5 heteroatoms. The van der Waals surface area contributed by atoms with Crippen LogP contribution in [0.3, 0.4) is 0 Å². The number of benzene rings is 1.